The summed E-state index contributed by atoms with van der Waals surface area (Å²) in [4.78, 5) is 11.8. The number of nitrogen functional groups attached to an aromatic ring is 1. The fraction of sp³-hybridized carbons (Fsp3) is 0.167. The Morgan fingerprint density at radius 2 is 1.90 bits per heavy atom. The third kappa shape index (κ3) is 3.96. The average molecular weight is 309 g/mol. The predicted molar refractivity (Wildman–Crippen MR) is 80.5 cm³/mol. The fourth-order valence-electron chi connectivity index (χ4n) is 1.53. The van der Waals surface area contributed by atoms with Crippen LogP contribution in [-0.2, 0) is 10.0 Å². The third-order valence-electron chi connectivity index (χ3n) is 2.64. The van der Waals surface area contributed by atoms with E-state index in [4.69, 9.17) is 5.73 Å². The largest absolute Gasteiger partial charge is 0.382 e. The molecule has 21 heavy (non-hydrogen) atoms. The Bertz CT molecular complexity index is 737. The van der Waals surface area contributed by atoms with Gasteiger partial charge in [0.05, 0.1) is 5.75 Å². The molecule has 0 aliphatic heterocycles. The molecule has 1 amide bonds. The molecular formula is C12H15N5O3S. The van der Waals surface area contributed by atoms with Crippen molar-refractivity contribution in [1.29, 1.82) is 0 Å². The minimum absolute atomic E-state index is 0.00721. The lowest BCUT2D eigenvalue weighted by molar-refractivity contribution is 0.102. The highest BCUT2D eigenvalue weighted by molar-refractivity contribution is 7.92. The van der Waals surface area contributed by atoms with E-state index in [1.165, 1.54) is 6.07 Å². The predicted octanol–water partition coefficient (Wildman–Crippen LogP) is 1.01. The summed E-state index contributed by atoms with van der Waals surface area (Å²) in [5.41, 5.74) is 6.61. The maximum absolute atomic E-state index is 11.8. The lowest BCUT2D eigenvalue weighted by Crippen LogP contribution is -2.15. The molecule has 0 aliphatic rings. The summed E-state index contributed by atoms with van der Waals surface area (Å²) in [6, 6.07) is 7.71. The van der Waals surface area contributed by atoms with Crippen LogP contribution in [0.1, 0.15) is 17.4 Å². The number of rotatable bonds is 5. The van der Waals surface area contributed by atoms with Gasteiger partial charge < -0.3 is 11.1 Å². The van der Waals surface area contributed by atoms with Crippen LogP contribution < -0.4 is 15.8 Å². The molecule has 0 saturated carbocycles. The summed E-state index contributed by atoms with van der Waals surface area (Å²) in [5, 5.41) is 8.79. The summed E-state index contributed by atoms with van der Waals surface area (Å²) < 4.78 is 25.2. The number of hydrogen-bond acceptors (Lipinski definition) is 5. The van der Waals surface area contributed by atoms with Crippen LogP contribution in [0.4, 0.5) is 17.2 Å². The van der Waals surface area contributed by atoms with E-state index in [1.54, 1.807) is 31.2 Å². The summed E-state index contributed by atoms with van der Waals surface area (Å²) >= 11 is 0. The number of carbonyl (C=O) groups excluding carboxylic acids is 1. The van der Waals surface area contributed by atoms with Gasteiger partial charge in [0.2, 0.25) is 10.0 Å². The van der Waals surface area contributed by atoms with Crippen LogP contribution in [-0.4, -0.2) is 30.3 Å². The number of aromatic amines is 1. The lowest BCUT2D eigenvalue weighted by atomic mass is 10.3. The van der Waals surface area contributed by atoms with E-state index in [-0.39, 0.29) is 23.2 Å². The number of sulfonamides is 1. The van der Waals surface area contributed by atoms with Crippen LogP contribution in [0.25, 0.3) is 0 Å². The summed E-state index contributed by atoms with van der Waals surface area (Å²) in [6.07, 6.45) is 0. The molecule has 2 aromatic rings. The standard InChI is InChI=1S/C12H15N5O3S/c1-2-21(19,20)17-9-5-3-8(4-6-9)14-12(18)10-7-11(13)16-15-10/h3-7,17H,2H2,1H3,(H,14,18)(H3,13,15,16). The summed E-state index contributed by atoms with van der Waals surface area (Å²) in [7, 11) is -3.31. The first-order chi connectivity index (χ1) is 9.89. The highest BCUT2D eigenvalue weighted by Crippen LogP contribution is 2.15. The number of aromatic nitrogens is 2. The molecule has 112 valence electrons. The summed E-state index contributed by atoms with van der Waals surface area (Å²) in [5.74, 6) is -0.169. The summed E-state index contributed by atoms with van der Waals surface area (Å²) in [6.45, 7) is 1.55. The van der Waals surface area contributed by atoms with E-state index >= 15 is 0 Å². The van der Waals surface area contributed by atoms with Crippen molar-refractivity contribution in [2.24, 2.45) is 0 Å². The molecule has 9 heteroatoms. The molecule has 1 aromatic carbocycles. The Labute approximate surface area is 121 Å². The zero-order valence-electron chi connectivity index (χ0n) is 11.3. The van der Waals surface area contributed by atoms with E-state index in [2.05, 4.69) is 20.2 Å². The van der Waals surface area contributed by atoms with E-state index in [0.29, 0.717) is 11.4 Å². The molecule has 0 spiro atoms. The molecule has 5 N–H and O–H groups in total. The minimum Gasteiger partial charge on any atom is -0.382 e. The Morgan fingerprint density at radius 1 is 1.29 bits per heavy atom. The molecule has 1 heterocycles. The van der Waals surface area contributed by atoms with E-state index in [9.17, 15) is 13.2 Å². The smallest absolute Gasteiger partial charge is 0.273 e. The second-order valence-electron chi connectivity index (χ2n) is 4.24. The van der Waals surface area contributed by atoms with Gasteiger partial charge in [0.15, 0.2) is 0 Å². The maximum atomic E-state index is 11.8. The van der Waals surface area contributed by atoms with Gasteiger partial charge in [-0.25, -0.2) is 8.42 Å². The molecule has 0 unspecified atom stereocenters. The van der Waals surface area contributed by atoms with E-state index in [1.807, 2.05) is 0 Å². The van der Waals surface area contributed by atoms with Crippen molar-refractivity contribution >= 4 is 33.1 Å². The SMILES string of the molecule is CCS(=O)(=O)Nc1ccc(NC(=O)c2cc(N)n[nH]2)cc1. The molecule has 0 saturated heterocycles. The first kappa shape index (κ1) is 14.9. The van der Waals surface area contributed by atoms with Crippen LogP contribution in [0.2, 0.25) is 0 Å². The molecule has 0 radical (unpaired) electrons. The first-order valence-electron chi connectivity index (χ1n) is 6.12. The third-order valence-corrected chi connectivity index (χ3v) is 3.95. The Morgan fingerprint density at radius 3 is 2.43 bits per heavy atom. The number of benzene rings is 1. The zero-order chi connectivity index (χ0) is 15.5. The molecule has 0 atom stereocenters. The number of nitrogens with one attached hydrogen (secondary N) is 3. The highest BCUT2D eigenvalue weighted by atomic mass is 32.2. The average Bonchev–Trinajstić information content (AvgIpc) is 2.87. The number of carbonyl (C=O) groups is 1. The number of nitrogens with two attached hydrogens (primary N) is 1. The minimum atomic E-state index is -3.31. The van der Waals surface area contributed by atoms with Crippen LogP contribution in [0.15, 0.2) is 30.3 Å². The van der Waals surface area contributed by atoms with Crippen molar-refractivity contribution in [2.75, 3.05) is 21.5 Å². The Kier molecular flexibility index (Phi) is 4.13. The normalized spacial score (nSPS) is 11.1. The van der Waals surface area contributed by atoms with Crippen molar-refractivity contribution in [3.63, 3.8) is 0 Å². The fourth-order valence-corrected chi connectivity index (χ4v) is 2.16. The highest BCUT2D eigenvalue weighted by Gasteiger charge is 2.10. The first-order valence-corrected chi connectivity index (χ1v) is 7.77. The Balaban J connectivity index is 2.04. The van der Waals surface area contributed by atoms with E-state index < -0.39 is 10.0 Å². The number of H-pyrrole nitrogens is 1. The van der Waals surface area contributed by atoms with Gasteiger partial charge in [-0.1, -0.05) is 0 Å². The second-order valence-corrected chi connectivity index (χ2v) is 6.25. The van der Waals surface area contributed by atoms with Crippen molar-refractivity contribution < 1.29 is 13.2 Å². The quantitative estimate of drug-likeness (QED) is 0.654. The van der Waals surface area contributed by atoms with Gasteiger partial charge in [0.25, 0.3) is 5.91 Å². The Hall–Kier alpha value is -2.55. The van der Waals surface area contributed by atoms with Crippen molar-refractivity contribution in [1.82, 2.24) is 10.2 Å². The molecular weight excluding hydrogens is 294 g/mol. The van der Waals surface area contributed by atoms with Crippen molar-refractivity contribution in [3.05, 3.63) is 36.0 Å². The molecule has 8 nitrogen and oxygen atoms in total. The van der Waals surface area contributed by atoms with Crippen LogP contribution in [0, 0.1) is 0 Å². The molecule has 0 bridgehead atoms. The van der Waals surface area contributed by atoms with Crippen molar-refractivity contribution in [2.45, 2.75) is 6.92 Å². The molecule has 0 aliphatic carbocycles. The number of nitrogens with zero attached hydrogens (tertiary/aromatic N) is 1. The number of anilines is 3. The second kappa shape index (κ2) is 5.83. The number of amides is 1. The monoisotopic (exact) mass is 309 g/mol. The number of hydrogen-bond donors (Lipinski definition) is 4. The lowest BCUT2D eigenvalue weighted by Gasteiger charge is -2.07. The van der Waals surface area contributed by atoms with Gasteiger partial charge in [0, 0.05) is 17.4 Å². The topological polar surface area (TPSA) is 130 Å². The zero-order valence-corrected chi connectivity index (χ0v) is 12.1. The van der Waals surface area contributed by atoms with Crippen molar-refractivity contribution in [3.8, 4) is 0 Å². The van der Waals surface area contributed by atoms with Gasteiger partial charge in [-0.3, -0.25) is 14.6 Å². The van der Waals surface area contributed by atoms with Gasteiger partial charge in [0.1, 0.15) is 11.5 Å². The van der Waals surface area contributed by atoms with Gasteiger partial charge in [-0.15, -0.1) is 0 Å². The molecule has 2 rings (SSSR count). The molecule has 0 fully saturated rings. The van der Waals surface area contributed by atoms with Crippen LogP contribution in [0.5, 0.6) is 0 Å². The van der Waals surface area contributed by atoms with Gasteiger partial charge in [-0.05, 0) is 31.2 Å². The van der Waals surface area contributed by atoms with Gasteiger partial charge in [-0.2, -0.15) is 5.10 Å². The molecule has 1 aromatic heterocycles. The van der Waals surface area contributed by atoms with Gasteiger partial charge >= 0.3 is 0 Å². The van der Waals surface area contributed by atoms with Crippen LogP contribution >= 0.6 is 0 Å². The van der Waals surface area contributed by atoms with Crippen LogP contribution in [0.3, 0.4) is 0 Å². The van der Waals surface area contributed by atoms with E-state index in [0.717, 1.165) is 0 Å². The maximum Gasteiger partial charge on any atom is 0.273 e.